The summed E-state index contributed by atoms with van der Waals surface area (Å²) in [7, 11) is 0. The van der Waals surface area contributed by atoms with Gasteiger partial charge >= 0.3 is 0 Å². The van der Waals surface area contributed by atoms with E-state index in [2.05, 4.69) is 20.8 Å². The molecule has 1 fully saturated rings. The van der Waals surface area contributed by atoms with Gasteiger partial charge in [0.25, 0.3) is 0 Å². The molecule has 0 unspecified atom stereocenters. The Morgan fingerprint density at radius 1 is 1.55 bits per heavy atom. The Labute approximate surface area is 69.2 Å². The minimum atomic E-state index is 0.00887. The molecule has 1 nitrogen and oxygen atoms in total. The Balaban J connectivity index is 2.52. The van der Waals surface area contributed by atoms with Crippen molar-refractivity contribution in [3.05, 3.63) is 0 Å². The third-order valence-electron chi connectivity index (χ3n) is 3.04. The monoisotopic (exact) mass is 154 g/mol. The van der Waals surface area contributed by atoms with Crippen LogP contribution in [0.3, 0.4) is 0 Å². The van der Waals surface area contributed by atoms with Gasteiger partial charge in [0.2, 0.25) is 0 Å². The van der Waals surface area contributed by atoms with Gasteiger partial charge in [-0.2, -0.15) is 0 Å². The maximum absolute atomic E-state index is 10.7. The minimum Gasteiger partial charge on any atom is -0.303 e. The van der Waals surface area contributed by atoms with Gasteiger partial charge in [-0.1, -0.05) is 20.8 Å². The molecule has 0 aromatic rings. The molecule has 64 valence electrons. The molecule has 0 N–H and O–H groups in total. The predicted molar refractivity (Wildman–Crippen MR) is 46.4 cm³/mol. The van der Waals surface area contributed by atoms with Crippen molar-refractivity contribution < 1.29 is 4.79 Å². The van der Waals surface area contributed by atoms with Crippen LogP contribution in [0.5, 0.6) is 0 Å². The van der Waals surface area contributed by atoms with E-state index in [0.29, 0.717) is 0 Å². The SMILES string of the molecule is CC(C)[C@@H]1CC[C@](C)(C=O)C1. The quantitative estimate of drug-likeness (QED) is 0.559. The van der Waals surface area contributed by atoms with E-state index in [-0.39, 0.29) is 5.41 Å². The lowest BCUT2D eigenvalue weighted by molar-refractivity contribution is -0.115. The Bertz CT molecular complexity index is 151. The van der Waals surface area contributed by atoms with Gasteiger partial charge in [-0.05, 0) is 31.1 Å². The number of carbonyl (C=O) groups is 1. The number of aldehydes is 1. The van der Waals surface area contributed by atoms with Crippen LogP contribution in [-0.4, -0.2) is 6.29 Å². The van der Waals surface area contributed by atoms with Gasteiger partial charge in [-0.25, -0.2) is 0 Å². The second-order valence-corrected chi connectivity index (χ2v) is 4.52. The van der Waals surface area contributed by atoms with Crippen LogP contribution in [0.1, 0.15) is 40.0 Å². The van der Waals surface area contributed by atoms with E-state index in [9.17, 15) is 4.79 Å². The van der Waals surface area contributed by atoms with Crippen molar-refractivity contribution in [2.75, 3.05) is 0 Å². The third-order valence-corrected chi connectivity index (χ3v) is 3.04. The summed E-state index contributed by atoms with van der Waals surface area (Å²) in [5.41, 5.74) is 0.00887. The average molecular weight is 154 g/mol. The first kappa shape index (κ1) is 8.76. The van der Waals surface area contributed by atoms with Crippen molar-refractivity contribution >= 4 is 6.29 Å². The van der Waals surface area contributed by atoms with Gasteiger partial charge in [-0.15, -0.1) is 0 Å². The van der Waals surface area contributed by atoms with Crippen LogP contribution in [0, 0.1) is 17.3 Å². The number of rotatable bonds is 2. The van der Waals surface area contributed by atoms with Gasteiger partial charge in [0.1, 0.15) is 6.29 Å². The summed E-state index contributed by atoms with van der Waals surface area (Å²) in [6, 6.07) is 0. The Morgan fingerprint density at radius 2 is 2.18 bits per heavy atom. The largest absolute Gasteiger partial charge is 0.303 e. The van der Waals surface area contributed by atoms with Crippen LogP contribution >= 0.6 is 0 Å². The number of hydrogen-bond acceptors (Lipinski definition) is 1. The molecule has 0 saturated heterocycles. The summed E-state index contributed by atoms with van der Waals surface area (Å²) < 4.78 is 0. The first-order chi connectivity index (χ1) is 5.07. The molecule has 0 spiro atoms. The molecule has 0 aromatic carbocycles. The molecule has 0 bridgehead atoms. The van der Waals surface area contributed by atoms with E-state index < -0.39 is 0 Å². The van der Waals surface area contributed by atoms with Gasteiger partial charge in [0, 0.05) is 5.41 Å². The zero-order chi connectivity index (χ0) is 8.48. The summed E-state index contributed by atoms with van der Waals surface area (Å²) in [5, 5.41) is 0. The predicted octanol–water partition coefficient (Wildman–Crippen LogP) is 2.65. The smallest absolute Gasteiger partial charge is 0.125 e. The van der Waals surface area contributed by atoms with Crippen molar-refractivity contribution in [1.82, 2.24) is 0 Å². The molecule has 1 aliphatic rings. The highest BCUT2D eigenvalue weighted by Crippen LogP contribution is 2.42. The molecule has 11 heavy (non-hydrogen) atoms. The lowest BCUT2D eigenvalue weighted by Gasteiger charge is -2.17. The van der Waals surface area contributed by atoms with E-state index in [4.69, 9.17) is 0 Å². The number of hydrogen-bond donors (Lipinski definition) is 0. The maximum Gasteiger partial charge on any atom is 0.125 e. The van der Waals surface area contributed by atoms with E-state index >= 15 is 0 Å². The molecule has 0 radical (unpaired) electrons. The Morgan fingerprint density at radius 3 is 2.45 bits per heavy atom. The molecule has 1 heteroatoms. The zero-order valence-corrected chi connectivity index (χ0v) is 7.76. The molecule has 1 rings (SSSR count). The maximum atomic E-state index is 10.7. The molecule has 0 aromatic heterocycles. The lowest BCUT2D eigenvalue weighted by Crippen LogP contribution is -2.14. The van der Waals surface area contributed by atoms with E-state index in [1.165, 1.54) is 6.42 Å². The van der Waals surface area contributed by atoms with Gasteiger partial charge < -0.3 is 4.79 Å². The fraction of sp³-hybridized carbons (Fsp3) is 0.900. The first-order valence-electron chi connectivity index (χ1n) is 4.54. The first-order valence-corrected chi connectivity index (χ1v) is 4.54. The molecule has 1 aliphatic carbocycles. The molecular formula is C10H18O. The van der Waals surface area contributed by atoms with E-state index in [1.54, 1.807) is 0 Å². The topological polar surface area (TPSA) is 17.1 Å². The van der Waals surface area contributed by atoms with Crippen molar-refractivity contribution in [1.29, 1.82) is 0 Å². The van der Waals surface area contributed by atoms with Crippen molar-refractivity contribution in [2.45, 2.75) is 40.0 Å². The van der Waals surface area contributed by atoms with Crippen LogP contribution in [-0.2, 0) is 4.79 Å². The number of carbonyl (C=O) groups excluding carboxylic acids is 1. The van der Waals surface area contributed by atoms with E-state index in [0.717, 1.165) is 31.0 Å². The highest BCUT2D eigenvalue weighted by Gasteiger charge is 2.35. The standard InChI is InChI=1S/C10H18O/c1-8(2)9-4-5-10(3,6-9)7-11/h7-9H,4-6H2,1-3H3/t9-,10+/m1/s1. The van der Waals surface area contributed by atoms with Crippen molar-refractivity contribution in [3.63, 3.8) is 0 Å². The molecular weight excluding hydrogens is 136 g/mol. The molecule has 2 atom stereocenters. The molecule has 0 amide bonds. The van der Waals surface area contributed by atoms with Crippen LogP contribution in [0.25, 0.3) is 0 Å². The Kier molecular flexibility index (Phi) is 2.36. The second kappa shape index (κ2) is 2.96. The fourth-order valence-corrected chi connectivity index (χ4v) is 1.99. The lowest BCUT2D eigenvalue weighted by atomic mass is 9.87. The zero-order valence-electron chi connectivity index (χ0n) is 7.76. The van der Waals surface area contributed by atoms with Gasteiger partial charge in [0.05, 0.1) is 0 Å². The fourth-order valence-electron chi connectivity index (χ4n) is 1.99. The normalized spacial score (nSPS) is 38.0. The summed E-state index contributed by atoms with van der Waals surface area (Å²) in [5.74, 6) is 1.53. The molecule has 0 aliphatic heterocycles. The summed E-state index contributed by atoms with van der Waals surface area (Å²) in [6.07, 6.45) is 4.59. The van der Waals surface area contributed by atoms with Crippen LogP contribution in [0.4, 0.5) is 0 Å². The summed E-state index contributed by atoms with van der Waals surface area (Å²) in [4.78, 5) is 10.7. The highest BCUT2D eigenvalue weighted by atomic mass is 16.1. The van der Waals surface area contributed by atoms with Crippen LogP contribution < -0.4 is 0 Å². The summed E-state index contributed by atoms with van der Waals surface area (Å²) >= 11 is 0. The minimum absolute atomic E-state index is 0.00887. The van der Waals surface area contributed by atoms with Gasteiger partial charge in [0.15, 0.2) is 0 Å². The second-order valence-electron chi connectivity index (χ2n) is 4.52. The molecule has 1 saturated carbocycles. The average Bonchev–Trinajstić information content (AvgIpc) is 2.33. The Hall–Kier alpha value is -0.330. The third kappa shape index (κ3) is 1.82. The van der Waals surface area contributed by atoms with Gasteiger partial charge in [-0.3, -0.25) is 0 Å². The van der Waals surface area contributed by atoms with Crippen molar-refractivity contribution in [2.24, 2.45) is 17.3 Å². The van der Waals surface area contributed by atoms with Crippen LogP contribution in [0.15, 0.2) is 0 Å². The van der Waals surface area contributed by atoms with Crippen molar-refractivity contribution in [3.8, 4) is 0 Å². The van der Waals surface area contributed by atoms with E-state index in [1.807, 2.05) is 0 Å². The highest BCUT2D eigenvalue weighted by molar-refractivity contribution is 5.59. The summed E-state index contributed by atoms with van der Waals surface area (Å²) in [6.45, 7) is 6.59. The molecule has 0 heterocycles. The van der Waals surface area contributed by atoms with Crippen LogP contribution in [0.2, 0.25) is 0 Å².